The van der Waals surface area contributed by atoms with Crippen LogP contribution in [0.1, 0.15) is 45.9 Å². The van der Waals surface area contributed by atoms with Crippen molar-refractivity contribution >= 4 is 11.9 Å². The summed E-state index contributed by atoms with van der Waals surface area (Å²) in [6.45, 7) is 0.673. The number of rotatable bonds is 4. The summed E-state index contributed by atoms with van der Waals surface area (Å²) in [7, 11) is 0. The largest absolute Gasteiger partial charge is 0.448 e. The number of hydrogen-bond donors (Lipinski definition) is 0. The van der Waals surface area contributed by atoms with Crippen molar-refractivity contribution in [3.05, 3.63) is 89.2 Å². The lowest BCUT2D eigenvalue weighted by molar-refractivity contribution is -0.141. The van der Waals surface area contributed by atoms with Gasteiger partial charge in [-0.15, -0.1) is 0 Å². The predicted molar refractivity (Wildman–Crippen MR) is 132 cm³/mol. The van der Waals surface area contributed by atoms with E-state index in [1.807, 2.05) is 24.3 Å². The quantitative estimate of drug-likeness (QED) is 0.411. The molecular formula is C29H25F3N2O4. The summed E-state index contributed by atoms with van der Waals surface area (Å²) in [4.78, 5) is 31.5. The highest BCUT2D eigenvalue weighted by molar-refractivity contribution is 5.98. The number of pyridine rings is 1. The molecule has 1 aromatic heterocycles. The lowest BCUT2D eigenvalue weighted by Gasteiger charge is -2.47. The third-order valence-corrected chi connectivity index (χ3v) is 7.77. The molecule has 2 fully saturated rings. The lowest BCUT2D eigenvalue weighted by Crippen LogP contribution is -2.60. The normalized spacial score (nSPS) is 22.5. The second kappa shape index (κ2) is 9.54. The van der Waals surface area contributed by atoms with Crippen LogP contribution in [0.5, 0.6) is 0 Å². The summed E-state index contributed by atoms with van der Waals surface area (Å²) in [5, 5.41) is 0. The smallest absolute Gasteiger partial charge is 0.433 e. The van der Waals surface area contributed by atoms with Gasteiger partial charge in [-0.2, -0.15) is 13.2 Å². The fourth-order valence-electron chi connectivity index (χ4n) is 6.07. The number of fused-ring (bicyclic) bond motifs is 5. The van der Waals surface area contributed by atoms with E-state index in [1.54, 1.807) is 4.90 Å². The Bertz CT molecular complexity index is 1330. The first-order chi connectivity index (χ1) is 18.3. The zero-order valence-electron chi connectivity index (χ0n) is 20.4. The highest BCUT2D eigenvalue weighted by Gasteiger charge is 2.45. The first kappa shape index (κ1) is 24.6. The molecule has 9 heteroatoms. The topological polar surface area (TPSA) is 68.7 Å². The van der Waals surface area contributed by atoms with Gasteiger partial charge in [0.1, 0.15) is 12.3 Å². The van der Waals surface area contributed by atoms with Crippen molar-refractivity contribution in [1.29, 1.82) is 0 Å². The first-order valence-corrected chi connectivity index (χ1v) is 12.6. The number of halogens is 3. The Hall–Kier alpha value is -3.72. The minimum atomic E-state index is -4.63. The van der Waals surface area contributed by atoms with Crippen LogP contribution in [0, 0.1) is 5.92 Å². The molecule has 3 aliphatic rings. The fraction of sp³-hybridized carbons (Fsp3) is 0.345. The molecule has 2 bridgehead atoms. The Kier molecular flexibility index (Phi) is 6.18. The minimum Gasteiger partial charge on any atom is -0.448 e. The van der Waals surface area contributed by atoms with E-state index in [2.05, 4.69) is 29.2 Å². The van der Waals surface area contributed by atoms with Crippen LogP contribution in [0.3, 0.4) is 0 Å². The number of morpholine rings is 1. The molecule has 2 aromatic carbocycles. The summed E-state index contributed by atoms with van der Waals surface area (Å²) in [6, 6.07) is 17.5. The molecule has 0 N–H and O–H groups in total. The molecule has 1 aliphatic carbocycles. The van der Waals surface area contributed by atoms with E-state index in [0.717, 1.165) is 34.5 Å². The van der Waals surface area contributed by atoms with Gasteiger partial charge in [-0.05, 0) is 47.2 Å². The molecule has 0 spiro atoms. The van der Waals surface area contributed by atoms with Gasteiger partial charge in [-0.3, -0.25) is 14.7 Å². The van der Waals surface area contributed by atoms with Crippen molar-refractivity contribution in [2.24, 2.45) is 5.92 Å². The number of nitrogens with zero attached hydrogens (tertiary/aromatic N) is 2. The average molecular weight is 523 g/mol. The number of carbonyl (C=O) groups excluding carboxylic acids is 2. The van der Waals surface area contributed by atoms with Crippen LogP contribution >= 0.6 is 0 Å². The standard InChI is InChI=1S/C29H25F3N2O4/c30-29(31,32)26-13-17(9-10-33-26)27(35)18-11-19-14-37-15-20(12-18)34(19)28(36)38-16-25-23-7-3-1-5-21(23)22-6-2-4-8-24(22)25/h1-10,13,18-20,25H,11-12,14-16H2. The average Bonchev–Trinajstić information content (AvgIpc) is 3.24. The van der Waals surface area contributed by atoms with Crippen LogP contribution in [0.25, 0.3) is 11.1 Å². The molecule has 2 aliphatic heterocycles. The van der Waals surface area contributed by atoms with E-state index in [-0.39, 0.29) is 37.1 Å². The molecule has 3 aromatic rings. The Balaban J connectivity index is 1.16. The van der Waals surface area contributed by atoms with Gasteiger partial charge in [0.25, 0.3) is 0 Å². The molecular weight excluding hydrogens is 497 g/mol. The van der Waals surface area contributed by atoms with Crippen molar-refractivity contribution in [1.82, 2.24) is 9.88 Å². The summed E-state index contributed by atoms with van der Waals surface area (Å²) >= 11 is 0. The van der Waals surface area contributed by atoms with Gasteiger partial charge >= 0.3 is 12.3 Å². The molecule has 3 heterocycles. The monoisotopic (exact) mass is 522 g/mol. The molecule has 6 rings (SSSR count). The van der Waals surface area contributed by atoms with Crippen molar-refractivity contribution in [2.45, 2.75) is 37.0 Å². The van der Waals surface area contributed by atoms with Gasteiger partial charge in [0, 0.05) is 23.6 Å². The molecule has 1 amide bonds. The van der Waals surface area contributed by atoms with Crippen LogP contribution in [-0.2, 0) is 15.7 Å². The maximum atomic E-state index is 13.3. The Morgan fingerprint density at radius 2 is 1.55 bits per heavy atom. The molecule has 2 saturated heterocycles. The Labute approximate surface area is 217 Å². The number of ketones is 1. The van der Waals surface area contributed by atoms with Crippen LogP contribution in [-0.4, -0.2) is 53.7 Å². The molecule has 2 unspecified atom stereocenters. The number of Topliss-reactive ketones (excluding diaryl/α,β-unsaturated/α-hetero) is 1. The maximum absolute atomic E-state index is 13.3. The van der Waals surface area contributed by atoms with Crippen molar-refractivity contribution in [2.75, 3.05) is 19.8 Å². The molecule has 38 heavy (non-hydrogen) atoms. The number of amides is 1. The van der Waals surface area contributed by atoms with Crippen LogP contribution in [0.2, 0.25) is 0 Å². The van der Waals surface area contributed by atoms with E-state index in [1.165, 1.54) is 6.07 Å². The van der Waals surface area contributed by atoms with E-state index in [0.29, 0.717) is 12.8 Å². The van der Waals surface area contributed by atoms with E-state index in [4.69, 9.17) is 9.47 Å². The number of ether oxygens (including phenoxy) is 2. The number of aromatic nitrogens is 1. The number of hydrogen-bond acceptors (Lipinski definition) is 5. The second-order valence-corrected chi connectivity index (χ2v) is 10.0. The van der Waals surface area contributed by atoms with Gasteiger partial charge in [-0.1, -0.05) is 48.5 Å². The Morgan fingerprint density at radius 3 is 2.16 bits per heavy atom. The third-order valence-electron chi connectivity index (χ3n) is 7.77. The van der Waals surface area contributed by atoms with Gasteiger partial charge in [0.15, 0.2) is 5.78 Å². The van der Waals surface area contributed by atoms with Crippen molar-refractivity contribution < 1.29 is 32.2 Å². The highest BCUT2D eigenvalue weighted by Crippen LogP contribution is 2.45. The number of alkyl halides is 3. The molecule has 6 nitrogen and oxygen atoms in total. The summed E-state index contributed by atoms with van der Waals surface area (Å²) < 4.78 is 50.8. The summed E-state index contributed by atoms with van der Waals surface area (Å²) in [5.74, 6) is -0.965. The van der Waals surface area contributed by atoms with Crippen LogP contribution in [0.15, 0.2) is 66.9 Å². The van der Waals surface area contributed by atoms with E-state index < -0.39 is 36.0 Å². The third kappa shape index (κ3) is 4.34. The van der Waals surface area contributed by atoms with E-state index in [9.17, 15) is 22.8 Å². The van der Waals surface area contributed by atoms with Crippen molar-refractivity contribution in [3.63, 3.8) is 0 Å². The zero-order chi connectivity index (χ0) is 26.4. The van der Waals surface area contributed by atoms with Crippen LogP contribution in [0.4, 0.5) is 18.0 Å². The minimum absolute atomic E-state index is 0.0223. The fourth-order valence-corrected chi connectivity index (χ4v) is 6.07. The lowest BCUT2D eigenvalue weighted by atomic mass is 9.81. The molecule has 196 valence electrons. The highest BCUT2D eigenvalue weighted by atomic mass is 19.4. The second-order valence-electron chi connectivity index (χ2n) is 10.0. The number of benzene rings is 2. The first-order valence-electron chi connectivity index (χ1n) is 12.6. The van der Waals surface area contributed by atoms with Gasteiger partial charge in [0.2, 0.25) is 0 Å². The predicted octanol–water partition coefficient (Wildman–Crippen LogP) is 5.71. The SMILES string of the molecule is O=C(c1ccnc(C(F)(F)F)c1)C1CC2COCC(C1)N2C(=O)OCC1c2ccccc2-c2ccccc21. The van der Waals surface area contributed by atoms with Gasteiger partial charge in [-0.25, -0.2) is 4.79 Å². The zero-order valence-corrected chi connectivity index (χ0v) is 20.4. The Morgan fingerprint density at radius 1 is 0.947 bits per heavy atom. The molecule has 0 saturated carbocycles. The van der Waals surface area contributed by atoms with Crippen molar-refractivity contribution in [3.8, 4) is 11.1 Å². The number of piperidine rings is 1. The van der Waals surface area contributed by atoms with Crippen LogP contribution < -0.4 is 0 Å². The number of carbonyl (C=O) groups is 2. The maximum Gasteiger partial charge on any atom is 0.433 e. The van der Waals surface area contributed by atoms with Gasteiger partial charge < -0.3 is 9.47 Å². The van der Waals surface area contributed by atoms with Gasteiger partial charge in [0.05, 0.1) is 25.3 Å². The summed E-state index contributed by atoms with van der Waals surface area (Å²) in [6.07, 6.45) is -3.49. The molecule has 2 atom stereocenters. The molecule has 0 radical (unpaired) electrons. The van der Waals surface area contributed by atoms with E-state index >= 15 is 0 Å². The summed E-state index contributed by atoms with van der Waals surface area (Å²) in [5.41, 5.74) is 3.39.